The highest BCUT2D eigenvalue weighted by Gasteiger charge is 2.27. The van der Waals surface area contributed by atoms with Crippen LogP contribution in [0.15, 0.2) is 24.3 Å². The molecule has 118 valence electrons. The molecule has 0 radical (unpaired) electrons. The first-order chi connectivity index (χ1) is 9.60. The number of benzene rings is 1. The number of ether oxygens (including phenoxy) is 1. The Morgan fingerprint density at radius 2 is 2.00 bits per heavy atom. The van der Waals surface area contributed by atoms with Gasteiger partial charge in [-0.2, -0.15) is 8.78 Å². The molecule has 0 aliphatic heterocycles. The van der Waals surface area contributed by atoms with Crippen molar-refractivity contribution < 1.29 is 18.3 Å². The molecule has 7 heteroatoms. The maximum atomic E-state index is 12.1. The summed E-state index contributed by atoms with van der Waals surface area (Å²) in [6.45, 7) is -2.30. The second-order valence-electron chi connectivity index (χ2n) is 4.91. The van der Waals surface area contributed by atoms with Crippen LogP contribution in [-0.2, 0) is 0 Å². The number of alkyl halides is 2. The Morgan fingerprint density at radius 3 is 2.57 bits per heavy atom. The lowest BCUT2D eigenvalue weighted by Gasteiger charge is -2.19. The van der Waals surface area contributed by atoms with Crippen LogP contribution in [0.25, 0.3) is 0 Å². The molecule has 0 aromatic heterocycles. The fraction of sp³-hybridized carbons (Fsp3) is 0.500. The third-order valence-corrected chi connectivity index (χ3v) is 3.62. The Morgan fingerprint density at radius 1 is 1.33 bits per heavy atom. The molecule has 1 saturated carbocycles. The first-order valence-electron chi connectivity index (χ1n) is 6.66. The number of nitrogens with one attached hydrogen (secondary N) is 1. The summed E-state index contributed by atoms with van der Waals surface area (Å²) in [4.78, 5) is 12.1. The van der Waals surface area contributed by atoms with Crippen molar-refractivity contribution in [3.8, 4) is 5.75 Å². The molecule has 1 amide bonds. The van der Waals surface area contributed by atoms with Crippen molar-refractivity contribution in [2.24, 2.45) is 11.7 Å². The van der Waals surface area contributed by atoms with E-state index in [0.29, 0.717) is 18.0 Å². The van der Waals surface area contributed by atoms with Gasteiger partial charge < -0.3 is 15.8 Å². The van der Waals surface area contributed by atoms with Crippen LogP contribution in [0.5, 0.6) is 5.75 Å². The van der Waals surface area contributed by atoms with E-state index in [2.05, 4.69) is 10.1 Å². The van der Waals surface area contributed by atoms with Gasteiger partial charge in [0.2, 0.25) is 0 Å². The molecule has 1 aromatic carbocycles. The molecule has 0 spiro atoms. The van der Waals surface area contributed by atoms with Gasteiger partial charge in [-0.05, 0) is 49.6 Å². The molecular formula is C14H19ClF2N2O2. The molecule has 0 saturated heterocycles. The predicted molar refractivity (Wildman–Crippen MR) is 78.0 cm³/mol. The van der Waals surface area contributed by atoms with E-state index in [4.69, 9.17) is 5.73 Å². The average Bonchev–Trinajstić information content (AvgIpc) is 2.86. The maximum Gasteiger partial charge on any atom is 0.387 e. The van der Waals surface area contributed by atoms with Crippen molar-refractivity contribution in [1.82, 2.24) is 5.32 Å². The SMILES string of the molecule is Cl.NCC1CCCC1NC(=O)c1ccc(OC(F)F)cc1. The van der Waals surface area contributed by atoms with Gasteiger partial charge in [-0.3, -0.25) is 4.79 Å². The third-order valence-electron chi connectivity index (χ3n) is 3.62. The lowest BCUT2D eigenvalue weighted by atomic mass is 10.0. The van der Waals surface area contributed by atoms with E-state index in [9.17, 15) is 13.6 Å². The van der Waals surface area contributed by atoms with Gasteiger partial charge in [-0.15, -0.1) is 12.4 Å². The standard InChI is InChI=1S/C14H18F2N2O2.ClH/c15-14(16)20-11-6-4-9(5-7-11)13(19)18-12-3-1-2-10(12)8-17;/h4-7,10,12,14H,1-3,8,17H2,(H,18,19);1H. The van der Waals surface area contributed by atoms with Crippen LogP contribution in [0.2, 0.25) is 0 Å². The number of carbonyl (C=O) groups excluding carboxylic acids is 1. The van der Waals surface area contributed by atoms with E-state index < -0.39 is 6.61 Å². The highest BCUT2D eigenvalue weighted by atomic mass is 35.5. The van der Waals surface area contributed by atoms with Gasteiger partial charge in [0, 0.05) is 11.6 Å². The van der Waals surface area contributed by atoms with Crippen LogP contribution in [-0.4, -0.2) is 25.1 Å². The second kappa shape index (κ2) is 8.14. The summed E-state index contributed by atoms with van der Waals surface area (Å²) in [5.41, 5.74) is 6.09. The van der Waals surface area contributed by atoms with Gasteiger partial charge in [0.1, 0.15) is 5.75 Å². The quantitative estimate of drug-likeness (QED) is 0.876. The predicted octanol–water partition coefficient (Wildman–Crippen LogP) is 2.57. The fourth-order valence-electron chi connectivity index (χ4n) is 2.55. The largest absolute Gasteiger partial charge is 0.435 e. The van der Waals surface area contributed by atoms with Gasteiger partial charge in [0.25, 0.3) is 5.91 Å². The normalized spacial score (nSPS) is 21.0. The Balaban J connectivity index is 0.00000220. The number of nitrogens with two attached hydrogens (primary N) is 1. The van der Waals surface area contributed by atoms with Crippen LogP contribution < -0.4 is 15.8 Å². The molecule has 2 rings (SSSR count). The van der Waals surface area contributed by atoms with E-state index in [1.54, 1.807) is 0 Å². The highest BCUT2D eigenvalue weighted by molar-refractivity contribution is 5.94. The number of amides is 1. The number of rotatable bonds is 5. The van der Waals surface area contributed by atoms with Crippen LogP contribution in [0.1, 0.15) is 29.6 Å². The number of hydrogen-bond acceptors (Lipinski definition) is 3. The van der Waals surface area contributed by atoms with Crippen LogP contribution >= 0.6 is 12.4 Å². The van der Waals surface area contributed by atoms with E-state index >= 15 is 0 Å². The molecule has 4 nitrogen and oxygen atoms in total. The highest BCUT2D eigenvalue weighted by Crippen LogP contribution is 2.25. The molecule has 2 atom stereocenters. The number of carbonyl (C=O) groups is 1. The minimum atomic E-state index is -2.86. The summed E-state index contributed by atoms with van der Waals surface area (Å²) >= 11 is 0. The molecule has 2 unspecified atom stereocenters. The van der Waals surface area contributed by atoms with Gasteiger partial charge in [0.05, 0.1) is 0 Å². The lowest BCUT2D eigenvalue weighted by Crippen LogP contribution is -2.39. The zero-order chi connectivity index (χ0) is 14.5. The summed E-state index contributed by atoms with van der Waals surface area (Å²) in [5, 5.41) is 2.95. The van der Waals surface area contributed by atoms with Gasteiger partial charge in [0.15, 0.2) is 0 Å². The van der Waals surface area contributed by atoms with Crippen molar-refractivity contribution in [3.05, 3.63) is 29.8 Å². The third kappa shape index (κ3) is 4.82. The molecule has 1 aromatic rings. The Kier molecular flexibility index (Phi) is 6.84. The Labute approximate surface area is 128 Å². The van der Waals surface area contributed by atoms with Gasteiger partial charge in [-0.1, -0.05) is 6.42 Å². The molecule has 0 bridgehead atoms. The molecule has 21 heavy (non-hydrogen) atoms. The minimum Gasteiger partial charge on any atom is -0.435 e. The van der Waals surface area contributed by atoms with E-state index in [0.717, 1.165) is 19.3 Å². The Hall–Kier alpha value is -1.40. The first kappa shape index (κ1) is 17.7. The minimum absolute atomic E-state index is 0. The van der Waals surface area contributed by atoms with Gasteiger partial charge >= 0.3 is 6.61 Å². The molecule has 0 heterocycles. The molecule has 1 fully saturated rings. The molecule has 1 aliphatic carbocycles. The summed E-state index contributed by atoms with van der Waals surface area (Å²) in [6.07, 6.45) is 3.02. The van der Waals surface area contributed by atoms with E-state index in [-0.39, 0.29) is 30.1 Å². The monoisotopic (exact) mass is 320 g/mol. The maximum absolute atomic E-state index is 12.1. The topological polar surface area (TPSA) is 64.3 Å². The zero-order valence-electron chi connectivity index (χ0n) is 11.4. The molecular weight excluding hydrogens is 302 g/mol. The summed E-state index contributed by atoms with van der Waals surface area (Å²) in [6, 6.07) is 5.76. The second-order valence-corrected chi connectivity index (χ2v) is 4.91. The first-order valence-corrected chi connectivity index (χ1v) is 6.66. The molecule has 3 N–H and O–H groups in total. The fourth-order valence-corrected chi connectivity index (χ4v) is 2.55. The van der Waals surface area contributed by atoms with Crippen LogP contribution in [0.3, 0.4) is 0 Å². The number of hydrogen-bond donors (Lipinski definition) is 2. The van der Waals surface area contributed by atoms with Crippen molar-refractivity contribution in [2.45, 2.75) is 31.9 Å². The zero-order valence-corrected chi connectivity index (χ0v) is 12.2. The summed E-state index contributed by atoms with van der Waals surface area (Å²) in [7, 11) is 0. The summed E-state index contributed by atoms with van der Waals surface area (Å²) in [5.74, 6) is 0.150. The number of halogens is 3. The average molecular weight is 321 g/mol. The molecule has 1 aliphatic rings. The van der Waals surface area contributed by atoms with Crippen molar-refractivity contribution in [1.29, 1.82) is 0 Å². The van der Waals surface area contributed by atoms with E-state index in [1.807, 2.05) is 0 Å². The van der Waals surface area contributed by atoms with Crippen molar-refractivity contribution in [3.63, 3.8) is 0 Å². The van der Waals surface area contributed by atoms with Crippen LogP contribution in [0, 0.1) is 5.92 Å². The van der Waals surface area contributed by atoms with Crippen molar-refractivity contribution >= 4 is 18.3 Å². The lowest BCUT2D eigenvalue weighted by molar-refractivity contribution is -0.0498. The van der Waals surface area contributed by atoms with Crippen LogP contribution in [0.4, 0.5) is 8.78 Å². The Bertz CT molecular complexity index is 457. The van der Waals surface area contributed by atoms with Crippen molar-refractivity contribution in [2.75, 3.05) is 6.54 Å². The smallest absolute Gasteiger partial charge is 0.387 e. The van der Waals surface area contributed by atoms with Gasteiger partial charge in [-0.25, -0.2) is 0 Å². The van der Waals surface area contributed by atoms with E-state index in [1.165, 1.54) is 24.3 Å². The summed E-state index contributed by atoms with van der Waals surface area (Å²) < 4.78 is 28.3.